The summed E-state index contributed by atoms with van der Waals surface area (Å²) in [7, 11) is 0. The predicted octanol–water partition coefficient (Wildman–Crippen LogP) is 8.54. The molecule has 18 heteroatoms. The molecule has 1 atom stereocenters. The third-order valence-electron chi connectivity index (χ3n) is 8.11. The minimum absolute atomic E-state index is 0.140. The topological polar surface area (TPSA) is 93.1 Å². The van der Waals surface area contributed by atoms with Gasteiger partial charge in [-0.3, -0.25) is 0 Å². The van der Waals surface area contributed by atoms with Crippen LogP contribution < -0.4 is 0 Å². The second-order valence-electron chi connectivity index (χ2n) is 12.2. The molecule has 0 saturated carbocycles. The molecule has 0 saturated heterocycles. The standard InChI is InChI=1S/C31H44F12O6/c1-6-8-9-10-11-13-26(32,33)28(36,37)30(40,41)31(42,43)29(38,39)27(34,35)14-12-22(16-48-23(46)20(3)4)17-49-24(47)21(5)15-25(7-2,18-44)19-45/h22,44-45H,3,5-19H2,1-2,4H3. The van der Waals surface area contributed by atoms with Gasteiger partial charge in [-0.25, -0.2) is 9.59 Å². The van der Waals surface area contributed by atoms with Crippen molar-refractivity contribution < 1.29 is 82.0 Å². The van der Waals surface area contributed by atoms with E-state index in [4.69, 9.17) is 9.47 Å². The van der Waals surface area contributed by atoms with E-state index in [0.717, 1.165) is 6.92 Å². The van der Waals surface area contributed by atoms with E-state index >= 15 is 0 Å². The molecule has 288 valence electrons. The van der Waals surface area contributed by atoms with Crippen LogP contribution in [0.1, 0.15) is 85.0 Å². The van der Waals surface area contributed by atoms with E-state index in [0.29, 0.717) is 12.8 Å². The summed E-state index contributed by atoms with van der Waals surface area (Å²) in [5, 5.41) is 19.1. The molecule has 0 aromatic rings. The van der Waals surface area contributed by atoms with E-state index in [1.165, 1.54) is 0 Å². The minimum atomic E-state index is -7.73. The van der Waals surface area contributed by atoms with Crippen LogP contribution in [0.15, 0.2) is 24.3 Å². The van der Waals surface area contributed by atoms with Crippen molar-refractivity contribution in [3.63, 3.8) is 0 Å². The first-order chi connectivity index (χ1) is 22.2. The molecule has 0 heterocycles. The van der Waals surface area contributed by atoms with E-state index in [1.807, 2.05) is 0 Å². The van der Waals surface area contributed by atoms with E-state index in [2.05, 4.69) is 13.2 Å². The van der Waals surface area contributed by atoms with Crippen LogP contribution in [-0.4, -0.2) is 84.1 Å². The molecule has 0 amide bonds. The maximum atomic E-state index is 14.7. The monoisotopic (exact) mass is 740 g/mol. The number of ether oxygens (including phenoxy) is 2. The van der Waals surface area contributed by atoms with Gasteiger partial charge in [-0.1, -0.05) is 52.7 Å². The van der Waals surface area contributed by atoms with Gasteiger partial charge >= 0.3 is 47.5 Å². The largest absolute Gasteiger partial charge is 0.462 e. The highest BCUT2D eigenvalue weighted by molar-refractivity contribution is 5.88. The summed E-state index contributed by atoms with van der Waals surface area (Å²) in [6.07, 6.45) is -6.20. The van der Waals surface area contributed by atoms with E-state index in [1.54, 1.807) is 13.8 Å². The van der Waals surface area contributed by atoms with E-state index in [-0.39, 0.29) is 36.8 Å². The summed E-state index contributed by atoms with van der Waals surface area (Å²) in [6, 6.07) is 0. The fraction of sp³-hybridized carbons (Fsp3) is 0.806. The fourth-order valence-electron chi connectivity index (χ4n) is 4.37. The molecular formula is C31H44F12O6. The highest BCUT2D eigenvalue weighted by atomic mass is 19.4. The lowest BCUT2D eigenvalue weighted by atomic mass is 9.81. The molecule has 0 aliphatic rings. The van der Waals surface area contributed by atoms with Gasteiger partial charge in [0.05, 0.1) is 26.4 Å². The van der Waals surface area contributed by atoms with Crippen LogP contribution in [0.25, 0.3) is 0 Å². The van der Waals surface area contributed by atoms with E-state index in [9.17, 15) is 72.5 Å². The van der Waals surface area contributed by atoms with Crippen LogP contribution in [0, 0.1) is 11.3 Å². The van der Waals surface area contributed by atoms with Crippen molar-refractivity contribution in [2.75, 3.05) is 26.4 Å². The van der Waals surface area contributed by atoms with Gasteiger partial charge in [-0.15, -0.1) is 0 Å². The van der Waals surface area contributed by atoms with Crippen molar-refractivity contribution in [2.24, 2.45) is 11.3 Å². The second-order valence-corrected chi connectivity index (χ2v) is 12.2. The van der Waals surface area contributed by atoms with Crippen molar-refractivity contribution in [1.82, 2.24) is 0 Å². The van der Waals surface area contributed by atoms with Crippen molar-refractivity contribution in [3.8, 4) is 0 Å². The summed E-state index contributed by atoms with van der Waals surface area (Å²) < 4.78 is 182. The van der Waals surface area contributed by atoms with Gasteiger partial charge < -0.3 is 19.7 Å². The molecule has 49 heavy (non-hydrogen) atoms. The second kappa shape index (κ2) is 18.1. The van der Waals surface area contributed by atoms with Gasteiger partial charge in [0.1, 0.15) is 0 Å². The van der Waals surface area contributed by atoms with Crippen molar-refractivity contribution in [3.05, 3.63) is 24.3 Å². The van der Waals surface area contributed by atoms with Gasteiger partial charge in [-0.2, -0.15) is 52.7 Å². The van der Waals surface area contributed by atoms with Crippen molar-refractivity contribution in [2.45, 2.75) is 121 Å². The molecule has 0 aliphatic heterocycles. The van der Waals surface area contributed by atoms with Crippen LogP contribution in [-0.2, 0) is 19.1 Å². The molecule has 0 aliphatic carbocycles. The average Bonchev–Trinajstić information content (AvgIpc) is 3.02. The molecule has 1 unspecified atom stereocenters. The normalized spacial score (nSPS) is 14.4. The molecule has 0 aromatic heterocycles. The Kier molecular flexibility index (Phi) is 17.2. The Labute approximate surface area is 276 Å². The van der Waals surface area contributed by atoms with Gasteiger partial charge in [0.2, 0.25) is 0 Å². The van der Waals surface area contributed by atoms with Gasteiger partial charge in [0.25, 0.3) is 0 Å². The molecule has 0 aromatic carbocycles. The van der Waals surface area contributed by atoms with E-state index < -0.39 is 111 Å². The number of aliphatic hydroxyl groups is 2. The zero-order valence-electron chi connectivity index (χ0n) is 27.5. The Balaban J connectivity index is 6.10. The molecule has 6 nitrogen and oxygen atoms in total. The number of hydrogen-bond donors (Lipinski definition) is 2. The van der Waals surface area contributed by atoms with Crippen LogP contribution in [0.4, 0.5) is 52.7 Å². The molecular weight excluding hydrogens is 696 g/mol. The van der Waals surface area contributed by atoms with Gasteiger partial charge in [-0.05, 0) is 32.6 Å². The van der Waals surface area contributed by atoms with Crippen molar-refractivity contribution >= 4 is 11.9 Å². The number of esters is 2. The summed E-state index contributed by atoms with van der Waals surface area (Å²) in [5.41, 5.74) is -1.87. The number of hydrogen-bond acceptors (Lipinski definition) is 6. The van der Waals surface area contributed by atoms with Crippen LogP contribution in [0.2, 0.25) is 0 Å². The predicted molar refractivity (Wildman–Crippen MR) is 153 cm³/mol. The van der Waals surface area contributed by atoms with Gasteiger partial charge in [0, 0.05) is 35.3 Å². The number of rotatable bonds is 25. The third-order valence-corrected chi connectivity index (χ3v) is 8.11. The molecule has 0 rings (SSSR count). The van der Waals surface area contributed by atoms with Crippen molar-refractivity contribution in [1.29, 1.82) is 0 Å². The maximum Gasteiger partial charge on any atom is 0.384 e. The first-order valence-corrected chi connectivity index (χ1v) is 15.4. The number of unbranched alkanes of at least 4 members (excludes halogenated alkanes) is 4. The number of alkyl halides is 12. The first kappa shape index (κ1) is 46.5. The Hall–Kier alpha value is -2.50. The Morgan fingerprint density at radius 1 is 0.653 bits per heavy atom. The molecule has 0 spiro atoms. The Bertz CT molecular complexity index is 1100. The minimum Gasteiger partial charge on any atom is -0.462 e. The molecule has 0 bridgehead atoms. The number of carbonyl (C=O) groups excluding carboxylic acids is 2. The van der Waals surface area contributed by atoms with Crippen LogP contribution >= 0.6 is 0 Å². The Morgan fingerprint density at radius 2 is 1.08 bits per heavy atom. The molecule has 2 N–H and O–H groups in total. The van der Waals surface area contributed by atoms with Crippen LogP contribution in [0.5, 0.6) is 0 Å². The summed E-state index contributed by atoms with van der Waals surface area (Å²) in [4.78, 5) is 24.2. The molecule has 0 radical (unpaired) electrons. The lowest BCUT2D eigenvalue weighted by molar-refractivity contribution is -0.426. The van der Waals surface area contributed by atoms with Crippen LogP contribution in [0.3, 0.4) is 0 Å². The lowest BCUT2D eigenvalue weighted by Crippen LogP contribution is -2.70. The highest BCUT2D eigenvalue weighted by Gasteiger charge is 2.89. The first-order valence-electron chi connectivity index (χ1n) is 15.4. The smallest absolute Gasteiger partial charge is 0.384 e. The average molecular weight is 741 g/mol. The Morgan fingerprint density at radius 3 is 1.49 bits per heavy atom. The highest BCUT2D eigenvalue weighted by Crippen LogP contribution is 2.61. The summed E-state index contributed by atoms with van der Waals surface area (Å²) >= 11 is 0. The zero-order chi connectivity index (χ0) is 38.7. The van der Waals surface area contributed by atoms with Gasteiger partial charge in [0.15, 0.2) is 0 Å². The zero-order valence-corrected chi connectivity index (χ0v) is 27.5. The SMILES string of the molecule is C=C(C)C(=O)OCC(CCC(F)(F)C(F)(F)C(F)(F)C(F)(F)C(F)(F)C(F)(F)CCCCCCC)COC(=O)C(=C)CC(CC)(CO)CO. The number of aliphatic hydroxyl groups excluding tert-OH is 2. The number of halogens is 12. The lowest BCUT2D eigenvalue weighted by Gasteiger charge is -2.41. The third kappa shape index (κ3) is 11.0. The quantitative estimate of drug-likeness (QED) is 0.0422. The summed E-state index contributed by atoms with van der Waals surface area (Å²) in [6.45, 7) is 7.70. The number of carbonyl (C=O) groups is 2. The molecule has 0 fully saturated rings. The fourth-order valence-corrected chi connectivity index (χ4v) is 4.37. The maximum absolute atomic E-state index is 14.7. The summed E-state index contributed by atoms with van der Waals surface area (Å²) in [5.74, 6) is -46.4.